The largest absolute Gasteiger partial charge is 0.307 e. The summed E-state index contributed by atoms with van der Waals surface area (Å²) in [5.41, 5.74) is 3.59. The molecule has 1 aliphatic heterocycles. The van der Waals surface area contributed by atoms with Gasteiger partial charge in [0.2, 0.25) is 0 Å². The molecule has 1 aliphatic rings. The van der Waals surface area contributed by atoms with Gasteiger partial charge in [0.1, 0.15) is 15.8 Å². The lowest BCUT2D eigenvalue weighted by Gasteiger charge is -2.19. The lowest BCUT2D eigenvalue weighted by molar-refractivity contribution is 0.102. The van der Waals surface area contributed by atoms with Crippen LogP contribution >= 0.6 is 34.2 Å². The van der Waals surface area contributed by atoms with Crippen molar-refractivity contribution in [2.75, 3.05) is 18.4 Å². The third-order valence-electron chi connectivity index (χ3n) is 5.25. The van der Waals surface area contributed by atoms with Crippen molar-refractivity contribution in [3.05, 3.63) is 71.1 Å². The van der Waals surface area contributed by atoms with Crippen molar-refractivity contribution in [3.8, 4) is 10.6 Å². The minimum Gasteiger partial charge on any atom is -0.307 e. The van der Waals surface area contributed by atoms with Gasteiger partial charge in [0.05, 0.1) is 5.69 Å². The fraction of sp³-hybridized carbons (Fsp3) is 0.174. The molecular weight excluding hydrogens is 535 g/mol. The average molecular weight is 554 g/mol. The Balaban J connectivity index is 1.38. The standard InChI is InChI=1S/C23H19IN6OS/c1-14-28-29-23(32-14)17-2-3-18-13-26-21(12-19(18)10-17)27-22(31)16-4-7-25-20(11-16)15-5-8-30(24)9-6-15/h2-5,7,10-13H,6,8-9H2,1H3,(H,26,27,31). The first kappa shape index (κ1) is 21.1. The van der Waals surface area contributed by atoms with Crippen LogP contribution < -0.4 is 5.32 Å². The van der Waals surface area contributed by atoms with Crippen molar-refractivity contribution in [3.63, 3.8) is 0 Å². The van der Waals surface area contributed by atoms with E-state index in [1.54, 1.807) is 29.8 Å². The molecule has 9 heteroatoms. The number of carbonyl (C=O) groups is 1. The molecule has 7 nitrogen and oxygen atoms in total. The van der Waals surface area contributed by atoms with E-state index in [4.69, 9.17) is 0 Å². The van der Waals surface area contributed by atoms with Crippen molar-refractivity contribution in [1.29, 1.82) is 0 Å². The minimum absolute atomic E-state index is 0.205. The van der Waals surface area contributed by atoms with Gasteiger partial charge in [-0.05, 0) is 48.6 Å². The lowest BCUT2D eigenvalue weighted by Crippen LogP contribution is -2.18. The van der Waals surface area contributed by atoms with E-state index >= 15 is 0 Å². The van der Waals surface area contributed by atoms with Gasteiger partial charge in [-0.3, -0.25) is 9.78 Å². The number of nitrogens with zero attached hydrogens (tertiary/aromatic N) is 5. The van der Waals surface area contributed by atoms with E-state index in [1.807, 2.05) is 37.3 Å². The monoisotopic (exact) mass is 554 g/mol. The van der Waals surface area contributed by atoms with Crippen LogP contribution in [0.25, 0.3) is 26.9 Å². The molecule has 1 N–H and O–H groups in total. The molecule has 32 heavy (non-hydrogen) atoms. The first-order chi connectivity index (χ1) is 15.5. The number of nitrogens with one attached hydrogen (secondary N) is 1. The second-order valence-electron chi connectivity index (χ2n) is 7.49. The molecule has 5 rings (SSSR count). The smallest absolute Gasteiger partial charge is 0.256 e. The van der Waals surface area contributed by atoms with E-state index in [9.17, 15) is 4.79 Å². The fourth-order valence-electron chi connectivity index (χ4n) is 3.57. The minimum atomic E-state index is -0.205. The normalized spacial score (nSPS) is 14.4. The Labute approximate surface area is 203 Å². The van der Waals surface area contributed by atoms with Crippen LogP contribution in [0.1, 0.15) is 27.5 Å². The molecule has 0 spiro atoms. The van der Waals surface area contributed by atoms with Crippen LogP contribution in [0.3, 0.4) is 0 Å². The molecule has 0 aliphatic carbocycles. The van der Waals surface area contributed by atoms with E-state index < -0.39 is 0 Å². The number of carbonyl (C=O) groups excluding carboxylic acids is 1. The highest BCUT2D eigenvalue weighted by Gasteiger charge is 2.14. The number of anilines is 1. The number of pyridine rings is 2. The number of aryl methyl sites for hydroxylation is 1. The van der Waals surface area contributed by atoms with E-state index in [0.717, 1.165) is 51.6 Å². The van der Waals surface area contributed by atoms with E-state index in [2.05, 4.69) is 57.5 Å². The highest BCUT2D eigenvalue weighted by atomic mass is 127. The molecule has 160 valence electrons. The first-order valence-electron chi connectivity index (χ1n) is 10.1. The summed E-state index contributed by atoms with van der Waals surface area (Å²) in [5, 5.41) is 15.0. The van der Waals surface area contributed by atoms with E-state index in [0.29, 0.717) is 11.4 Å². The topological polar surface area (TPSA) is 83.9 Å². The molecule has 4 heterocycles. The third-order valence-corrected chi connectivity index (χ3v) is 7.01. The Morgan fingerprint density at radius 3 is 2.81 bits per heavy atom. The van der Waals surface area contributed by atoms with Gasteiger partial charge in [0.15, 0.2) is 0 Å². The van der Waals surface area contributed by atoms with Crippen molar-refractivity contribution in [1.82, 2.24) is 23.3 Å². The van der Waals surface area contributed by atoms with Gasteiger partial charge < -0.3 is 5.32 Å². The number of fused-ring (bicyclic) bond motifs is 1. The van der Waals surface area contributed by atoms with Crippen molar-refractivity contribution < 1.29 is 4.79 Å². The average Bonchev–Trinajstić information content (AvgIpc) is 3.25. The molecule has 4 aromatic rings. The van der Waals surface area contributed by atoms with Crippen LogP contribution in [0, 0.1) is 6.92 Å². The zero-order valence-electron chi connectivity index (χ0n) is 17.2. The molecule has 3 aromatic heterocycles. The Kier molecular flexibility index (Phi) is 5.94. The second kappa shape index (κ2) is 9.00. The van der Waals surface area contributed by atoms with Crippen molar-refractivity contribution >= 4 is 62.3 Å². The lowest BCUT2D eigenvalue weighted by atomic mass is 10.0. The zero-order chi connectivity index (χ0) is 22.1. The number of hydrogen-bond acceptors (Lipinski definition) is 7. The third kappa shape index (κ3) is 4.54. The van der Waals surface area contributed by atoms with Gasteiger partial charge in [0.25, 0.3) is 5.91 Å². The summed E-state index contributed by atoms with van der Waals surface area (Å²) >= 11 is 3.87. The Morgan fingerprint density at radius 1 is 1.12 bits per heavy atom. The maximum Gasteiger partial charge on any atom is 0.256 e. The predicted molar refractivity (Wildman–Crippen MR) is 136 cm³/mol. The van der Waals surface area contributed by atoms with Crippen LogP contribution in [0.2, 0.25) is 0 Å². The predicted octanol–water partition coefficient (Wildman–Crippen LogP) is 5.15. The van der Waals surface area contributed by atoms with Crippen LogP contribution in [0.5, 0.6) is 0 Å². The number of amides is 1. The van der Waals surface area contributed by atoms with E-state index in [-0.39, 0.29) is 5.91 Å². The van der Waals surface area contributed by atoms with Gasteiger partial charge in [-0.2, -0.15) is 0 Å². The van der Waals surface area contributed by atoms with Crippen LogP contribution in [-0.2, 0) is 0 Å². The molecule has 1 amide bonds. The molecular formula is C23H19IN6OS. The SMILES string of the molecule is Cc1nnc(-c2ccc3cnc(NC(=O)c4ccnc(C5=CCN(I)CC5)c4)cc3c2)s1. The van der Waals surface area contributed by atoms with Crippen LogP contribution in [0.4, 0.5) is 5.82 Å². The zero-order valence-corrected chi connectivity index (χ0v) is 20.2. The van der Waals surface area contributed by atoms with E-state index in [1.165, 1.54) is 5.57 Å². The molecule has 0 saturated heterocycles. The van der Waals surface area contributed by atoms with Gasteiger partial charge in [-0.25, -0.2) is 8.10 Å². The van der Waals surface area contributed by atoms with Crippen LogP contribution in [0.15, 0.2) is 54.9 Å². The summed E-state index contributed by atoms with van der Waals surface area (Å²) in [6.45, 7) is 3.80. The fourth-order valence-corrected chi connectivity index (χ4v) is 4.69. The molecule has 0 atom stereocenters. The summed E-state index contributed by atoms with van der Waals surface area (Å²) in [7, 11) is 0. The van der Waals surface area contributed by atoms with Crippen molar-refractivity contribution in [2.45, 2.75) is 13.3 Å². The Bertz CT molecular complexity index is 1350. The molecule has 1 aromatic carbocycles. The van der Waals surface area contributed by atoms with Gasteiger partial charge in [-0.1, -0.05) is 29.5 Å². The van der Waals surface area contributed by atoms with Gasteiger partial charge in [-0.15, -0.1) is 10.2 Å². The molecule has 0 bridgehead atoms. The first-order valence-corrected chi connectivity index (χ1v) is 11.9. The van der Waals surface area contributed by atoms with Gasteiger partial charge in [0, 0.05) is 64.9 Å². The summed E-state index contributed by atoms with van der Waals surface area (Å²) in [6.07, 6.45) is 6.54. The summed E-state index contributed by atoms with van der Waals surface area (Å²) in [5.74, 6) is 0.298. The maximum atomic E-state index is 12.9. The Morgan fingerprint density at radius 2 is 2.03 bits per heavy atom. The molecule has 0 radical (unpaired) electrons. The van der Waals surface area contributed by atoms with Gasteiger partial charge >= 0.3 is 0 Å². The summed E-state index contributed by atoms with van der Waals surface area (Å²) < 4.78 is 2.22. The maximum absolute atomic E-state index is 12.9. The Hall–Kier alpha value is -2.76. The van der Waals surface area contributed by atoms with Crippen LogP contribution in [-0.4, -0.2) is 42.3 Å². The number of benzene rings is 1. The summed E-state index contributed by atoms with van der Waals surface area (Å²) in [4.78, 5) is 21.8. The molecule has 0 unspecified atom stereocenters. The highest BCUT2D eigenvalue weighted by Crippen LogP contribution is 2.28. The quantitative estimate of drug-likeness (QED) is 0.278. The summed E-state index contributed by atoms with van der Waals surface area (Å²) in [6, 6.07) is 11.5. The van der Waals surface area contributed by atoms with Crippen molar-refractivity contribution in [2.24, 2.45) is 0 Å². The molecule has 0 saturated carbocycles. The highest BCUT2D eigenvalue weighted by molar-refractivity contribution is 14.1. The number of rotatable bonds is 4. The number of aromatic nitrogens is 4. The number of halogens is 1. The number of hydrogen-bond donors (Lipinski definition) is 1. The molecule has 0 fully saturated rings. The second-order valence-corrected chi connectivity index (χ2v) is 10.0.